The number of nitrogens with one attached hydrogen (secondary N) is 1. The van der Waals surface area contributed by atoms with E-state index in [4.69, 9.17) is 9.15 Å². The molecule has 1 aliphatic rings. The molecule has 0 radical (unpaired) electrons. The first-order valence-electron chi connectivity index (χ1n) is 6.57. The maximum Gasteiger partial charge on any atom is 0.0935 e. The van der Waals surface area contributed by atoms with Crippen molar-refractivity contribution in [3.05, 3.63) is 24.2 Å². The maximum atomic E-state index is 5.71. The summed E-state index contributed by atoms with van der Waals surface area (Å²) in [6, 6.07) is 2.53. The van der Waals surface area contributed by atoms with Gasteiger partial charge in [-0.1, -0.05) is 6.92 Å². The number of methoxy groups -OCH3 is 1. The van der Waals surface area contributed by atoms with Gasteiger partial charge in [0.2, 0.25) is 0 Å². The monoisotopic (exact) mass is 237 g/mol. The molecule has 1 unspecified atom stereocenters. The van der Waals surface area contributed by atoms with Gasteiger partial charge in [-0.15, -0.1) is 0 Å². The van der Waals surface area contributed by atoms with Gasteiger partial charge in [-0.05, 0) is 50.3 Å². The second-order valence-corrected chi connectivity index (χ2v) is 5.04. The SMILES string of the molecule is CCNC(Cc1ccoc1)CC1(OC)CCC1. The Morgan fingerprint density at radius 2 is 2.35 bits per heavy atom. The highest BCUT2D eigenvalue weighted by Crippen LogP contribution is 2.39. The van der Waals surface area contributed by atoms with Crippen LogP contribution in [-0.2, 0) is 11.2 Å². The topological polar surface area (TPSA) is 34.4 Å². The quantitative estimate of drug-likeness (QED) is 0.792. The molecular formula is C14H23NO2. The molecule has 0 saturated heterocycles. The van der Waals surface area contributed by atoms with Gasteiger partial charge in [0.05, 0.1) is 18.1 Å². The summed E-state index contributed by atoms with van der Waals surface area (Å²) in [7, 11) is 1.85. The third-order valence-corrected chi connectivity index (χ3v) is 3.87. The highest BCUT2D eigenvalue weighted by Gasteiger charge is 2.38. The predicted molar refractivity (Wildman–Crippen MR) is 68.1 cm³/mol. The molecule has 0 aromatic carbocycles. The van der Waals surface area contributed by atoms with Crippen LogP contribution in [0, 0.1) is 0 Å². The summed E-state index contributed by atoms with van der Waals surface area (Å²) in [6.45, 7) is 3.16. The Labute approximate surface area is 104 Å². The van der Waals surface area contributed by atoms with Gasteiger partial charge in [0.15, 0.2) is 0 Å². The van der Waals surface area contributed by atoms with Crippen LogP contribution < -0.4 is 5.32 Å². The maximum absolute atomic E-state index is 5.71. The van der Waals surface area contributed by atoms with Crippen LogP contribution in [0.15, 0.2) is 23.0 Å². The van der Waals surface area contributed by atoms with Gasteiger partial charge in [0, 0.05) is 13.2 Å². The fraction of sp³-hybridized carbons (Fsp3) is 0.714. The summed E-state index contributed by atoms with van der Waals surface area (Å²) >= 11 is 0. The predicted octanol–water partition coefficient (Wildman–Crippen LogP) is 2.76. The number of ether oxygens (including phenoxy) is 1. The third kappa shape index (κ3) is 3.11. The second kappa shape index (κ2) is 5.69. The van der Waals surface area contributed by atoms with E-state index in [9.17, 15) is 0 Å². The molecule has 1 N–H and O–H groups in total. The molecule has 0 amide bonds. The van der Waals surface area contributed by atoms with Gasteiger partial charge in [-0.2, -0.15) is 0 Å². The number of hydrogen-bond donors (Lipinski definition) is 1. The van der Waals surface area contributed by atoms with Crippen LogP contribution >= 0.6 is 0 Å². The molecule has 1 heterocycles. The standard InChI is InChI=1S/C14H23NO2/c1-3-15-13(9-12-5-8-17-11-12)10-14(16-2)6-4-7-14/h5,8,11,13,15H,3-4,6-7,9-10H2,1-2H3. The zero-order valence-electron chi connectivity index (χ0n) is 10.9. The average molecular weight is 237 g/mol. The van der Waals surface area contributed by atoms with Crippen LogP contribution in [0.5, 0.6) is 0 Å². The Kier molecular flexibility index (Phi) is 4.24. The van der Waals surface area contributed by atoms with Crippen molar-refractivity contribution in [3.8, 4) is 0 Å². The Balaban J connectivity index is 1.92. The number of hydrogen-bond acceptors (Lipinski definition) is 3. The van der Waals surface area contributed by atoms with Crippen LogP contribution in [0.4, 0.5) is 0 Å². The molecule has 17 heavy (non-hydrogen) atoms. The molecular weight excluding hydrogens is 214 g/mol. The minimum absolute atomic E-state index is 0.135. The first kappa shape index (κ1) is 12.7. The molecule has 0 bridgehead atoms. The van der Waals surface area contributed by atoms with Crippen molar-refractivity contribution in [3.63, 3.8) is 0 Å². The molecule has 0 aliphatic heterocycles. The smallest absolute Gasteiger partial charge is 0.0935 e. The van der Waals surface area contributed by atoms with Crippen LogP contribution in [0.2, 0.25) is 0 Å². The summed E-state index contributed by atoms with van der Waals surface area (Å²) in [5.74, 6) is 0. The zero-order chi connectivity index (χ0) is 12.1. The number of furan rings is 1. The molecule has 96 valence electrons. The lowest BCUT2D eigenvalue weighted by molar-refractivity contribution is -0.0833. The van der Waals surface area contributed by atoms with E-state index in [1.807, 2.05) is 19.4 Å². The lowest BCUT2D eigenvalue weighted by Crippen LogP contribution is -2.46. The van der Waals surface area contributed by atoms with Gasteiger partial charge in [-0.25, -0.2) is 0 Å². The van der Waals surface area contributed by atoms with Crippen molar-refractivity contribution in [1.82, 2.24) is 5.32 Å². The van der Waals surface area contributed by atoms with Crippen molar-refractivity contribution in [2.75, 3.05) is 13.7 Å². The number of rotatable bonds is 7. The first-order valence-corrected chi connectivity index (χ1v) is 6.57. The molecule has 3 nitrogen and oxygen atoms in total. The van der Waals surface area contributed by atoms with Gasteiger partial charge in [0.25, 0.3) is 0 Å². The lowest BCUT2D eigenvalue weighted by Gasteiger charge is -2.43. The van der Waals surface area contributed by atoms with Crippen LogP contribution in [-0.4, -0.2) is 25.3 Å². The average Bonchev–Trinajstić information content (AvgIpc) is 2.76. The van der Waals surface area contributed by atoms with Crippen molar-refractivity contribution >= 4 is 0 Å². The molecule has 1 atom stereocenters. The Bertz CT molecular complexity index is 311. The summed E-state index contributed by atoms with van der Waals surface area (Å²) in [4.78, 5) is 0. The fourth-order valence-electron chi connectivity index (χ4n) is 2.71. The summed E-state index contributed by atoms with van der Waals surface area (Å²) in [6.07, 6.45) is 9.42. The molecule has 1 aromatic rings. The highest BCUT2D eigenvalue weighted by molar-refractivity contribution is 5.08. The molecule has 3 heteroatoms. The Morgan fingerprint density at radius 1 is 1.53 bits per heavy atom. The summed E-state index contributed by atoms with van der Waals surface area (Å²) < 4.78 is 10.8. The Morgan fingerprint density at radius 3 is 2.82 bits per heavy atom. The van der Waals surface area contributed by atoms with E-state index in [1.54, 1.807) is 6.26 Å². The highest BCUT2D eigenvalue weighted by atomic mass is 16.5. The molecule has 0 spiro atoms. The van der Waals surface area contributed by atoms with Crippen molar-refractivity contribution in [2.24, 2.45) is 0 Å². The van der Waals surface area contributed by atoms with Crippen molar-refractivity contribution in [2.45, 2.75) is 50.7 Å². The van der Waals surface area contributed by atoms with E-state index in [0.717, 1.165) is 19.4 Å². The van der Waals surface area contributed by atoms with Gasteiger partial charge in [-0.3, -0.25) is 0 Å². The molecule has 1 aliphatic carbocycles. The molecule has 2 rings (SSSR count). The van der Waals surface area contributed by atoms with Crippen molar-refractivity contribution < 1.29 is 9.15 Å². The zero-order valence-corrected chi connectivity index (χ0v) is 10.9. The number of likely N-dealkylation sites (N-methyl/N-ethyl adjacent to an activating group) is 1. The second-order valence-electron chi connectivity index (χ2n) is 5.04. The Hall–Kier alpha value is -0.800. The fourth-order valence-corrected chi connectivity index (χ4v) is 2.71. The van der Waals surface area contributed by atoms with E-state index < -0.39 is 0 Å². The van der Waals surface area contributed by atoms with E-state index in [1.165, 1.54) is 24.8 Å². The van der Waals surface area contributed by atoms with Crippen LogP contribution in [0.1, 0.15) is 38.2 Å². The molecule has 1 aromatic heterocycles. The summed E-state index contributed by atoms with van der Waals surface area (Å²) in [5, 5.41) is 3.56. The van der Waals surface area contributed by atoms with Crippen molar-refractivity contribution in [1.29, 1.82) is 0 Å². The molecule has 1 fully saturated rings. The van der Waals surface area contributed by atoms with Gasteiger partial charge >= 0.3 is 0 Å². The molecule has 1 saturated carbocycles. The lowest BCUT2D eigenvalue weighted by atomic mass is 9.75. The van der Waals surface area contributed by atoms with Gasteiger partial charge < -0.3 is 14.5 Å². The van der Waals surface area contributed by atoms with E-state index in [2.05, 4.69) is 12.2 Å². The normalized spacial score (nSPS) is 19.9. The van der Waals surface area contributed by atoms with E-state index >= 15 is 0 Å². The van der Waals surface area contributed by atoms with E-state index in [-0.39, 0.29) is 5.60 Å². The van der Waals surface area contributed by atoms with Crippen LogP contribution in [0.25, 0.3) is 0 Å². The summed E-state index contributed by atoms with van der Waals surface area (Å²) in [5.41, 5.74) is 1.40. The minimum Gasteiger partial charge on any atom is -0.472 e. The first-order chi connectivity index (χ1) is 8.28. The van der Waals surface area contributed by atoms with Crippen LogP contribution in [0.3, 0.4) is 0 Å². The third-order valence-electron chi connectivity index (χ3n) is 3.87. The van der Waals surface area contributed by atoms with E-state index in [0.29, 0.717) is 6.04 Å². The minimum atomic E-state index is 0.135. The van der Waals surface area contributed by atoms with Gasteiger partial charge in [0.1, 0.15) is 0 Å². The largest absolute Gasteiger partial charge is 0.472 e.